The van der Waals surface area contributed by atoms with Crippen molar-refractivity contribution in [2.24, 2.45) is 0 Å². The van der Waals surface area contributed by atoms with Gasteiger partial charge in [-0.05, 0) is 19.1 Å². The summed E-state index contributed by atoms with van der Waals surface area (Å²) in [6.45, 7) is 7.47. The molecule has 3 rings (SSSR count). The number of benzene rings is 1. The van der Waals surface area contributed by atoms with E-state index in [9.17, 15) is 9.59 Å². The summed E-state index contributed by atoms with van der Waals surface area (Å²) in [4.78, 5) is 33.3. The molecule has 8 heteroatoms. The van der Waals surface area contributed by atoms with Crippen LogP contribution in [0.4, 0.5) is 10.8 Å². The lowest BCUT2D eigenvalue weighted by Gasteiger charge is -2.39. The van der Waals surface area contributed by atoms with Crippen LogP contribution in [0.5, 0.6) is 0 Å². The van der Waals surface area contributed by atoms with E-state index >= 15 is 0 Å². The van der Waals surface area contributed by atoms with Gasteiger partial charge < -0.3 is 10.6 Å². The number of nitrogens with zero attached hydrogens (tertiary/aromatic N) is 3. The maximum Gasteiger partial charge on any atom is 0.238 e. The first kappa shape index (κ1) is 19.5. The monoisotopic (exact) mass is 387 g/mol. The van der Waals surface area contributed by atoms with E-state index in [1.54, 1.807) is 0 Å². The normalized spacial score (nSPS) is 18.2. The van der Waals surface area contributed by atoms with Gasteiger partial charge in [-0.25, -0.2) is 4.98 Å². The number of thiazole rings is 1. The maximum absolute atomic E-state index is 12.2. The minimum Gasteiger partial charge on any atom is -0.325 e. The minimum absolute atomic E-state index is 0.0178. The van der Waals surface area contributed by atoms with Crippen LogP contribution in [0.2, 0.25) is 0 Å². The second-order valence-electron chi connectivity index (χ2n) is 6.78. The number of anilines is 2. The Kier molecular flexibility index (Phi) is 6.54. The zero-order valence-corrected chi connectivity index (χ0v) is 16.5. The fourth-order valence-electron chi connectivity index (χ4n) is 3.16. The third-order valence-corrected chi connectivity index (χ3v) is 5.37. The number of amides is 2. The van der Waals surface area contributed by atoms with Gasteiger partial charge in [-0.1, -0.05) is 18.2 Å². The van der Waals surface area contributed by atoms with Crippen LogP contribution in [0.15, 0.2) is 36.5 Å². The molecule has 1 atom stereocenters. The summed E-state index contributed by atoms with van der Waals surface area (Å²) in [5.41, 5.74) is 0.828. The number of hydrogen-bond donors (Lipinski definition) is 2. The van der Waals surface area contributed by atoms with Crippen LogP contribution in [-0.4, -0.2) is 58.8 Å². The van der Waals surface area contributed by atoms with Gasteiger partial charge in [0.05, 0.1) is 6.54 Å². The summed E-state index contributed by atoms with van der Waals surface area (Å²) >= 11 is 1.51. The smallest absolute Gasteiger partial charge is 0.238 e. The largest absolute Gasteiger partial charge is 0.325 e. The third-order valence-electron chi connectivity index (χ3n) is 4.47. The summed E-state index contributed by atoms with van der Waals surface area (Å²) in [6, 6.07) is 9.87. The van der Waals surface area contributed by atoms with E-state index < -0.39 is 0 Å². The van der Waals surface area contributed by atoms with E-state index in [1.165, 1.54) is 18.3 Å². The number of piperazine rings is 1. The van der Waals surface area contributed by atoms with Crippen LogP contribution < -0.4 is 10.6 Å². The van der Waals surface area contributed by atoms with Crippen molar-refractivity contribution in [3.8, 4) is 0 Å². The summed E-state index contributed by atoms with van der Waals surface area (Å²) in [6.07, 6.45) is 1.82. The lowest BCUT2D eigenvalue weighted by molar-refractivity contribution is -0.118. The summed E-state index contributed by atoms with van der Waals surface area (Å²) in [5.74, 6) is -0.0871. The highest BCUT2D eigenvalue weighted by Gasteiger charge is 2.25. The number of carbonyl (C=O) groups is 2. The van der Waals surface area contributed by atoms with Gasteiger partial charge in [-0.2, -0.15) is 0 Å². The molecule has 2 N–H and O–H groups in total. The van der Waals surface area contributed by atoms with Crippen LogP contribution in [0.1, 0.15) is 18.7 Å². The standard InChI is InChI=1S/C19H25N5O2S/c1-14-11-23(13-18(26)22-16-6-4-3-5-7-16)8-9-24(14)12-17-10-20-19(27-17)21-15(2)25/h3-7,10,14H,8-9,11-13H2,1-2H3,(H,22,26)(H,20,21,25). The molecule has 0 saturated carbocycles. The first-order valence-electron chi connectivity index (χ1n) is 9.03. The Bertz CT molecular complexity index is 779. The molecule has 27 heavy (non-hydrogen) atoms. The Morgan fingerprint density at radius 2 is 2.00 bits per heavy atom. The van der Waals surface area contributed by atoms with E-state index in [0.29, 0.717) is 17.7 Å². The van der Waals surface area contributed by atoms with Crippen LogP contribution in [-0.2, 0) is 16.1 Å². The Balaban J connectivity index is 1.46. The first-order valence-corrected chi connectivity index (χ1v) is 9.85. The molecule has 1 aliphatic rings. The van der Waals surface area contributed by atoms with Crippen LogP contribution in [0.25, 0.3) is 0 Å². The highest BCUT2D eigenvalue weighted by molar-refractivity contribution is 7.15. The molecule has 2 aromatic rings. The highest BCUT2D eigenvalue weighted by Crippen LogP contribution is 2.22. The van der Waals surface area contributed by atoms with Gasteiger partial charge in [0.2, 0.25) is 11.8 Å². The molecule has 1 aliphatic heterocycles. The summed E-state index contributed by atoms with van der Waals surface area (Å²) in [5, 5.41) is 6.30. The molecule has 0 bridgehead atoms. The Morgan fingerprint density at radius 3 is 2.70 bits per heavy atom. The van der Waals surface area contributed by atoms with Crippen molar-refractivity contribution < 1.29 is 9.59 Å². The maximum atomic E-state index is 12.2. The fraction of sp³-hybridized carbons (Fsp3) is 0.421. The molecule has 0 radical (unpaired) electrons. The molecule has 2 heterocycles. The van der Waals surface area contributed by atoms with Crippen molar-refractivity contribution in [2.45, 2.75) is 26.4 Å². The molecule has 1 saturated heterocycles. The zero-order valence-electron chi connectivity index (χ0n) is 15.6. The van der Waals surface area contributed by atoms with E-state index in [1.807, 2.05) is 36.5 Å². The third kappa shape index (κ3) is 5.85. The first-order chi connectivity index (χ1) is 13.0. The topological polar surface area (TPSA) is 77.6 Å². The number of para-hydroxylation sites is 1. The predicted octanol–water partition coefficient (Wildman–Crippen LogP) is 2.25. The molecule has 144 valence electrons. The van der Waals surface area contributed by atoms with E-state index in [-0.39, 0.29) is 11.8 Å². The predicted molar refractivity (Wildman–Crippen MR) is 108 cm³/mol. The van der Waals surface area contributed by atoms with Gasteiger partial charge in [-0.15, -0.1) is 11.3 Å². The molecule has 1 unspecified atom stereocenters. The molecule has 7 nitrogen and oxygen atoms in total. The molecular weight excluding hydrogens is 362 g/mol. The Morgan fingerprint density at radius 1 is 1.22 bits per heavy atom. The summed E-state index contributed by atoms with van der Waals surface area (Å²) < 4.78 is 0. The molecular formula is C19H25N5O2S. The average molecular weight is 388 g/mol. The van der Waals surface area contributed by atoms with Crippen LogP contribution >= 0.6 is 11.3 Å². The lowest BCUT2D eigenvalue weighted by atomic mass is 10.2. The number of carbonyl (C=O) groups excluding carboxylic acids is 2. The molecule has 0 spiro atoms. The lowest BCUT2D eigenvalue weighted by Crippen LogP contribution is -2.52. The average Bonchev–Trinajstić information content (AvgIpc) is 3.04. The van der Waals surface area contributed by atoms with Gasteiger partial charge >= 0.3 is 0 Å². The molecule has 1 aromatic carbocycles. The van der Waals surface area contributed by atoms with Gasteiger partial charge in [0, 0.05) is 55.9 Å². The van der Waals surface area contributed by atoms with Crippen LogP contribution in [0.3, 0.4) is 0 Å². The SMILES string of the molecule is CC(=O)Nc1ncc(CN2CCN(CC(=O)Nc3ccccc3)CC2C)s1. The van der Waals surface area contributed by atoms with Gasteiger partial charge in [0.15, 0.2) is 5.13 Å². The van der Waals surface area contributed by atoms with Gasteiger partial charge in [0.25, 0.3) is 0 Å². The fourth-order valence-corrected chi connectivity index (χ4v) is 4.05. The number of aromatic nitrogens is 1. The van der Waals surface area contributed by atoms with Crippen molar-refractivity contribution in [3.63, 3.8) is 0 Å². The quantitative estimate of drug-likeness (QED) is 0.795. The number of nitrogens with one attached hydrogen (secondary N) is 2. The Hall–Kier alpha value is -2.29. The van der Waals surface area contributed by atoms with E-state index in [4.69, 9.17) is 0 Å². The van der Waals surface area contributed by atoms with Crippen molar-refractivity contribution in [3.05, 3.63) is 41.4 Å². The number of hydrogen-bond acceptors (Lipinski definition) is 6. The highest BCUT2D eigenvalue weighted by atomic mass is 32.1. The van der Waals surface area contributed by atoms with Crippen molar-refractivity contribution >= 4 is 34.0 Å². The van der Waals surface area contributed by atoms with Gasteiger partial charge in [-0.3, -0.25) is 19.4 Å². The Labute approximate surface area is 163 Å². The van der Waals surface area contributed by atoms with Crippen LogP contribution in [0, 0.1) is 0 Å². The number of rotatable bonds is 6. The van der Waals surface area contributed by atoms with Crippen molar-refractivity contribution in [1.82, 2.24) is 14.8 Å². The van der Waals surface area contributed by atoms with Gasteiger partial charge in [0.1, 0.15) is 0 Å². The van der Waals surface area contributed by atoms with Crippen molar-refractivity contribution in [2.75, 3.05) is 36.8 Å². The molecule has 2 amide bonds. The second-order valence-corrected chi connectivity index (χ2v) is 7.90. The molecule has 1 fully saturated rings. The minimum atomic E-state index is -0.105. The zero-order chi connectivity index (χ0) is 19.2. The molecule has 0 aliphatic carbocycles. The van der Waals surface area contributed by atoms with Crippen molar-refractivity contribution in [1.29, 1.82) is 0 Å². The second kappa shape index (κ2) is 9.07. The van der Waals surface area contributed by atoms with E-state index in [2.05, 4.69) is 32.3 Å². The summed E-state index contributed by atoms with van der Waals surface area (Å²) in [7, 11) is 0. The molecule has 1 aromatic heterocycles. The van der Waals surface area contributed by atoms with E-state index in [0.717, 1.165) is 36.7 Å².